The summed E-state index contributed by atoms with van der Waals surface area (Å²) >= 11 is 14.2. The maximum absolute atomic E-state index is 9.23. The van der Waals surface area contributed by atoms with Crippen LogP contribution in [0, 0.1) is 0 Å². The van der Waals surface area contributed by atoms with Gasteiger partial charge in [0.1, 0.15) is 0 Å². The molecule has 0 bridgehead atoms. The van der Waals surface area contributed by atoms with E-state index in [9.17, 15) is 9.59 Å². The molecule has 0 unspecified atom stereocenters. The van der Waals surface area contributed by atoms with Crippen molar-refractivity contribution >= 4 is 63.1 Å². The Morgan fingerprint density at radius 1 is 0.818 bits per heavy atom. The summed E-state index contributed by atoms with van der Waals surface area (Å²) in [5.41, 5.74) is 0. The van der Waals surface area contributed by atoms with Gasteiger partial charge in [0.2, 0.25) is 0 Å². The van der Waals surface area contributed by atoms with E-state index in [1.54, 1.807) is 0 Å². The van der Waals surface area contributed by atoms with Gasteiger partial charge in [0.25, 0.3) is 0 Å². The minimum absolute atomic E-state index is 0. The first-order chi connectivity index (χ1) is 4.54. The van der Waals surface area contributed by atoms with Gasteiger partial charge in [-0.05, 0) is 0 Å². The summed E-state index contributed by atoms with van der Waals surface area (Å²) < 4.78 is -1.06. The third kappa shape index (κ3) is 35.0. The Morgan fingerprint density at radius 3 is 0.909 bits per heavy atom. The molecular formula is C4H6NiO2S4. The number of thiol groups is 4. The molecule has 0 amide bonds. The second-order valence-electron chi connectivity index (χ2n) is 0.983. The summed E-state index contributed by atoms with van der Waals surface area (Å²) in [5, 5.41) is 0. The van der Waals surface area contributed by atoms with Crippen LogP contribution in [0.2, 0.25) is 0 Å². The van der Waals surface area contributed by atoms with Crippen molar-refractivity contribution in [2.24, 2.45) is 0 Å². The van der Waals surface area contributed by atoms with Gasteiger partial charge in [-0.1, -0.05) is 9.16 Å². The molecule has 0 saturated heterocycles. The Balaban J connectivity index is -0.000000107. The summed E-state index contributed by atoms with van der Waals surface area (Å²) in [6.45, 7) is 0. The van der Waals surface area contributed by atoms with Crippen LogP contribution in [-0.4, -0.2) is 21.7 Å². The number of hydrogen-bond acceptors (Lipinski definition) is 6. The predicted octanol–water partition coefficient (Wildman–Crippen LogP) is 0.561. The molecule has 2 nitrogen and oxygen atoms in total. The standard InChI is InChI=1S/2C2H3OS2.Ni/c2*3-1-2(4)5;/h2*2,4-5H;/q2*-1;+2. The fourth-order valence-electron chi connectivity index (χ4n) is 0. The summed E-state index contributed by atoms with van der Waals surface area (Å²) in [5.74, 6) is 0. The van der Waals surface area contributed by atoms with Crippen molar-refractivity contribution in [3.05, 3.63) is 0 Å². The maximum Gasteiger partial charge on any atom is 2.00 e. The van der Waals surface area contributed by atoms with E-state index >= 15 is 0 Å². The van der Waals surface area contributed by atoms with E-state index in [0.29, 0.717) is 0 Å². The summed E-state index contributed by atoms with van der Waals surface area (Å²) in [6.07, 6.45) is 3.01. The first-order valence-electron chi connectivity index (χ1n) is 2.02. The molecule has 0 heterocycles. The minimum atomic E-state index is -0.532. The minimum Gasteiger partial charge on any atom is -0.540 e. The summed E-state index contributed by atoms with van der Waals surface area (Å²) in [4.78, 5) is 18.5. The Hall–Kier alpha value is 1.23. The molecular weight excluding hydrogens is 267 g/mol. The van der Waals surface area contributed by atoms with E-state index in [1.165, 1.54) is 12.6 Å². The first-order valence-corrected chi connectivity index (χ1v) is 4.08. The Labute approximate surface area is 97.8 Å². The molecule has 0 saturated carbocycles. The van der Waals surface area contributed by atoms with E-state index < -0.39 is 9.16 Å². The van der Waals surface area contributed by atoms with Gasteiger partial charge in [-0.3, -0.25) is 0 Å². The van der Waals surface area contributed by atoms with E-state index in [1.807, 2.05) is 0 Å². The third-order valence-electron chi connectivity index (χ3n) is 0.211. The van der Waals surface area contributed by atoms with Crippen LogP contribution in [-0.2, 0) is 26.1 Å². The van der Waals surface area contributed by atoms with Crippen molar-refractivity contribution in [3.63, 3.8) is 0 Å². The molecule has 0 aromatic heterocycles. The molecule has 0 aliphatic rings. The van der Waals surface area contributed by atoms with Crippen LogP contribution in [0.15, 0.2) is 0 Å². The van der Waals surface area contributed by atoms with Crippen LogP contribution in [0.4, 0.5) is 0 Å². The van der Waals surface area contributed by atoms with Crippen LogP contribution in [0.3, 0.4) is 0 Å². The molecule has 0 aromatic rings. The molecule has 0 rings (SSSR count). The van der Waals surface area contributed by atoms with Crippen LogP contribution >= 0.6 is 50.5 Å². The summed E-state index contributed by atoms with van der Waals surface area (Å²) in [7, 11) is 0. The monoisotopic (exact) mass is 272 g/mol. The largest absolute Gasteiger partial charge is 2.00 e. The van der Waals surface area contributed by atoms with Crippen LogP contribution in [0.5, 0.6) is 0 Å². The number of carbonyl (C=O) groups excluding carboxylic acids is 2. The first kappa shape index (κ1) is 18.1. The fourth-order valence-corrected chi connectivity index (χ4v) is 0. The van der Waals surface area contributed by atoms with Crippen LogP contribution in [0.1, 0.15) is 0 Å². The topological polar surface area (TPSA) is 34.1 Å². The molecule has 0 fully saturated rings. The number of rotatable bonds is 2. The van der Waals surface area contributed by atoms with E-state index in [0.717, 1.165) is 0 Å². The molecule has 0 aromatic carbocycles. The number of hydrogen-bond donors (Lipinski definition) is 4. The van der Waals surface area contributed by atoms with Gasteiger partial charge in [-0.2, -0.15) is 50.5 Å². The second-order valence-corrected chi connectivity index (χ2v) is 3.86. The normalized spacial score (nSPS) is 7.82. The third-order valence-corrected chi connectivity index (χ3v) is 0.632. The zero-order chi connectivity index (χ0) is 8.57. The van der Waals surface area contributed by atoms with Gasteiger partial charge >= 0.3 is 16.5 Å². The van der Waals surface area contributed by atoms with Gasteiger partial charge in [-0.15, -0.1) is 0 Å². The van der Waals surface area contributed by atoms with Gasteiger partial charge in [0, 0.05) is 0 Å². The molecule has 0 atom stereocenters. The van der Waals surface area contributed by atoms with Crippen LogP contribution in [0.25, 0.3) is 0 Å². The fraction of sp³-hybridized carbons (Fsp3) is 0.500. The summed E-state index contributed by atoms with van der Waals surface area (Å²) in [6, 6.07) is 0. The van der Waals surface area contributed by atoms with Gasteiger partial charge in [0.15, 0.2) is 0 Å². The zero-order valence-electron chi connectivity index (χ0n) is 5.08. The van der Waals surface area contributed by atoms with Gasteiger partial charge in [-0.25, -0.2) is 12.6 Å². The van der Waals surface area contributed by atoms with E-state index in [2.05, 4.69) is 50.5 Å². The Bertz CT molecular complexity index is 86.1. The molecule has 0 radical (unpaired) electrons. The molecule has 68 valence electrons. The second kappa shape index (κ2) is 13.8. The van der Waals surface area contributed by atoms with E-state index in [4.69, 9.17) is 0 Å². The quantitative estimate of drug-likeness (QED) is 0.257. The molecule has 7 heteroatoms. The van der Waals surface area contributed by atoms with Crippen molar-refractivity contribution in [1.29, 1.82) is 0 Å². The van der Waals surface area contributed by atoms with E-state index in [-0.39, 0.29) is 16.5 Å². The Kier molecular flexibility index (Phi) is 22.7. The SMILES string of the molecule is O=[C-]C(S)S.O=[C-]C(S)S.[Ni+2]. The average molecular weight is 273 g/mol. The van der Waals surface area contributed by atoms with Crippen molar-refractivity contribution in [2.75, 3.05) is 0 Å². The molecule has 0 N–H and O–H groups in total. The van der Waals surface area contributed by atoms with Crippen molar-refractivity contribution in [2.45, 2.75) is 9.16 Å². The smallest absolute Gasteiger partial charge is 0.540 e. The predicted molar refractivity (Wildman–Crippen MR) is 54.9 cm³/mol. The van der Waals surface area contributed by atoms with Gasteiger partial charge in [0.05, 0.1) is 0 Å². The molecule has 0 spiro atoms. The molecule has 0 aliphatic carbocycles. The van der Waals surface area contributed by atoms with Crippen LogP contribution < -0.4 is 0 Å². The average Bonchev–Trinajstić information content (AvgIpc) is 1.89. The molecule has 0 aliphatic heterocycles. The van der Waals surface area contributed by atoms with Gasteiger partial charge < -0.3 is 9.59 Å². The van der Waals surface area contributed by atoms with Crippen molar-refractivity contribution in [1.82, 2.24) is 0 Å². The zero-order valence-corrected chi connectivity index (χ0v) is 9.64. The Morgan fingerprint density at radius 2 is 0.909 bits per heavy atom. The maximum atomic E-state index is 9.23. The van der Waals surface area contributed by atoms with Crippen molar-refractivity contribution in [3.8, 4) is 0 Å². The van der Waals surface area contributed by atoms with Crippen molar-refractivity contribution < 1.29 is 26.1 Å². The molecule has 11 heavy (non-hydrogen) atoms.